The summed E-state index contributed by atoms with van der Waals surface area (Å²) >= 11 is 1.38. The van der Waals surface area contributed by atoms with Crippen LogP contribution in [0.15, 0.2) is 34.5 Å². The van der Waals surface area contributed by atoms with E-state index in [9.17, 15) is 4.79 Å². The maximum absolute atomic E-state index is 12.1. The SMILES string of the molecule is CSc1nc(N)c2[nH]c(=O)n(Cc3cccnc3)c2n1. The average Bonchev–Trinajstić information content (AvgIpc) is 2.77. The Morgan fingerprint density at radius 2 is 2.30 bits per heavy atom. The molecule has 0 radical (unpaired) electrons. The lowest BCUT2D eigenvalue weighted by molar-refractivity contribution is 0.768. The maximum Gasteiger partial charge on any atom is 0.328 e. The van der Waals surface area contributed by atoms with Gasteiger partial charge in [-0.1, -0.05) is 17.8 Å². The van der Waals surface area contributed by atoms with Crippen molar-refractivity contribution in [2.24, 2.45) is 0 Å². The summed E-state index contributed by atoms with van der Waals surface area (Å²) in [5, 5.41) is 0.536. The molecule has 0 aliphatic carbocycles. The van der Waals surface area contributed by atoms with Crippen molar-refractivity contribution in [2.75, 3.05) is 12.0 Å². The fourth-order valence-corrected chi connectivity index (χ4v) is 2.31. The van der Waals surface area contributed by atoms with Gasteiger partial charge in [0.2, 0.25) is 0 Å². The molecule has 3 heterocycles. The Morgan fingerprint density at radius 3 is 3.00 bits per heavy atom. The van der Waals surface area contributed by atoms with E-state index in [0.29, 0.717) is 22.9 Å². The van der Waals surface area contributed by atoms with Gasteiger partial charge in [0.1, 0.15) is 5.52 Å². The van der Waals surface area contributed by atoms with Crippen LogP contribution in [0.5, 0.6) is 0 Å². The number of nitrogens with one attached hydrogen (secondary N) is 1. The molecule has 3 aromatic heterocycles. The molecule has 3 aromatic rings. The Kier molecular flexibility index (Phi) is 3.15. The molecular formula is C12H12N6OS. The van der Waals surface area contributed by atoms with Crippen LogP contribution in [-0.2, 0) is 6.54 Å². The second kappa shape index (κ2) is 4.97. The standard InChI is InChI=1S/C12H12N6OS/c1-20-11-16-9(13)8-10(17-11)18(12(19)15-8)6-7-3-2-4-14-5-7/h2-5H,6H2,1H3,(H,15,19)(H2,13,16,17). The highest BCUT2D eigenvalue weighted by Crippen LogP contribution is 2.19. The van der Waals surface area contributed by atoms with Gasteiger partial charge < -0.3 is 10.7 Å². The Labute approximate surface area is 118 Å². The fourth-order valence-electron chi connectivity index (χ4n) is 1.94. The molecule has 0 aliphatic heterocycles. The van der Waals surface area contributed by atoms with Crippen LogP contribution in [0.2, 0.25) is 0 Å². The summed E-state index contributed by atoms with van der Waals surface area (Å²) < 4.78 is 1.53. The van der Waals surface area contributed by atoms with Crippen LogP contribution in [0.1, 0.15) is 5.56 Å². The topological polar surface area (TPSA) is 102 Å². The largest absolute Gasteiger partial charge is 0.382 e. The van der Waals surface area contributed by atoms with E-state index >= 15 is 0 Å². The van der Waals surface area contributed by atoms with Crippen LogP contribution in [-0.4, -0.2) is 30.8 Å². The molecule has 0 amide bonds. The summed E-state index contributed by atoms with van der Waals surface area (Å²) in [5.41, 5.74) is 7.48. The van der Waals surface area contributed by atoms with Crippen molar-refractivity contribution < 1.29 is 0 Å². The number of rotatable bonds is 3. The van der Waals surface area contributed by atoms with Gasteiger partial charge in [0, 0.05) is 12.4 Å². The van der Waals surface area contributed by atoms with E-state index < -0.39 is 0 Å². The molecule has 3 rings (SSSR count). The summed E-state index contributed by atoms with van der Waals surface area (Å²) in [7, 11) is 0. The minimum absolute atomic E-state index is 0.261. The van der Waals surface area contributed by atoms with Crippen LogP contribution < -0.4 is 11.4 Å². The number of fused-ring (bicyclic) bond motifs is 1. The van der Waals surface area contributed by atoms with Crippen molar-refractivity contribution in [1.29, 1.82) is 0 Å². The third-order valence-electron chi connectivity index (χ3n) is 2.88. The summed E-state index contributed by atoms with van der Waals surface area (Å²) in [6.45, 7) is 0.386. The number of nitrogens with two attached hydrogens (primary N) is 1. The van der Waals surface area contributed by atoms with Crippen molar-refractivity contribution in [1.82, 2.24) is 24.5 Å². The zero-order chi connectivity index (χ0) is 14.1. The van der Waals surface area contributed by atoms with Crippen LogP contribution in [0.4, 0.5) is 5.82 Å². The first-order valence-electron chi connectivity index (χ1n) is 5.88. The zero-order valence-electron chi connectivity index (χ0n) is 10.7. The highest BCUT2D eigenvalue weighted by atomic mass is 32.2. The molecule has 0 spiro atoms. The van der Waals surface area contributed by atoms with Crippen LogP contribution in [0.3, 0.4) is 0 Å². The van der Waals surface area contributed by atoms with E-state index in [0.717, 1.165) is 5.56 Å². The van der Waals surface area contributed by atoms with Gasteiger partial charge in [-0.2, -0.15) is 0 Å². The molecule has 7 nitrogen and oxygen atoms in total. The second-order valence-corrected chi connectivity index (χ2v) is 4.95. The van der Waals surface area contributed by atoms with Gasteiger partial charge in [-0.3, -0.25) is 9.55 Å². The number of thioether (sulfide) groups is 1. The van der Waals surface area contributed by atoms with E-state index in [4.69, 9.17) is 5.73 Å². The third-order valence-corrected chi connectivity index (χ3v) is 3.42. The smallest absolute Gasteiger partial charge is 0.328 e. The van der Waals surface area contributed by atoms with Gasteiger partial charge in [-0.05, 0) is 17.9 Å². The minimum atomic E-state index is -0.261. The number of nitrogens with zero attached hydrogens (tertiary/aromatic N) is 4. The van der Waals surface area contributed by atoms with E-state index in [-0.39, 0.29) is 11.5 Å². The van der Waals surface area contributed by atoms with E-state index in [2.05, 4.69) is 19.9 Å². The number of imidazole rings is 1. The molecular weight excluding hydrogens is 276 g/mol. The van der Waals surface area contributed by atoms with E-state index in [1.54, 1.807) is 12.4 Å². The summed E-state index contributed by atoms with van der Waals surface area (Å²) in [5.74, 6) is 0.279. The first-order chi connectivity index (χ1) is 9.69. The van der Waals surface area contributed by atoms with Crippen molar-refractivity contribution in [3.05, 3.63) is 40.6 Å². The molecule has 0 unspecified atom stereocenters. The molecule has 3 N–H and O–H groups in total. The van der Waals surface area contributed by atoms with Crippen LogP contribution >= 0.6 is 11.8 Å². The Morgan fingerprint density at radius 1 is 1.45 bits per heavy atom. The second-order valence-electron chi connectivity index (χ2n) is 4.17. The molecule has 0 bridgehead atoms. The van der Waals surface area contributed by atoms with E-state index in [1.807, 2.05) is 18.4 Å². The number of pyridine rings is 1. The Hall–Kier alpha value is -2.35. The third kappa shape index (κ3) is 2.14. The number of nitrogen functional groups attached to an aromatic ring is 1. The summed E-state index contributed by atoms with van der Waals surface area (Å²) in [6, 6.07) is 3.73. The van der Waals surface area contributed by atoms with Gasteiger partial charge in [-0.15, -0.1) is 0 Å². The predicted molar refractivity (Wildman–Crippen MR) is 77.7 cm³/mol. The van der Waals surface area contributed by atoms with Gasteiger partial charge in [0.05, 0.1) is 6.54 Å². The van der Waals surface area contributed by atoms with Crippen molar-refractivity contribution in [2.45, 2.75) is 11.7 Å². The number of aromatic amines is 1. The number of H-pyrrole nitrogens is 1. The van der Waals surface area contributed by atoms with Crippen LogP contribution in [0.25, 0.3) is 11.2 Å². The number of hydrogen-bond acceptors (Lipinski definition) is 6. The lowest BCUT2D eigenvalue weighted by Crippen LogP contribution is -2.17. The first-order valence-corrected chi connectivity index (χ1v) is 7.10. The van der Waals surface area contributed by atoms with Crippen LogP contribution in [0, 0.1) is 0 Å². The van der Waals surface area contributed by atoms with Gasteiger partial charge in [0.15, 0.2) is 16.6 Å². The van der Waals surface area contributed by atoms with Crippen molar-refractivity contribution in [3.63, 3.8) is 0 Å². The minimum Gasteiger partial charge on any atom is -0.382 e. The number of hydrogen-bond donors (Lipinski definition) is 2. The monoisotopic (exact) mass is 288 g/mol. The number of aromatic nitrogens is 5. The lowest BCUT2D eigenvalue weighted by atomic mass is 10.3. The molecule has 102 valence electrons. The lowest BCUT2D eigenvalue weighted by Gasteiger charge is -2.04. The Balaban J connectivity index is 2.17. The normalized spacial score (nSPS) is 11.1. The van der Waals surface area contributed by atoms with Crippen molar-refractivity contribution >= 4 is 28.7 Å². The molecule has 0 fully saturated rings. The quantitative estimate of drug-likeness (QED) is 0.547. The van der Waals surface area contributed by atoms with Gasteiger partial charge in [0.25, 0.3) is 0 Å². The molecule has 0 aliphatic rings. The number of anilines is 1. The average molecular weight is 288 g/mol. The zero-order valence-corrected chi connectivity index (χ0v) is 11.5. The van der Waals surface area contributed by atoms with Gasteiger partial charge >= 0.3 is 5.69 Å². The molecule has 0 saturated carbocycles. The molecule has 0 aromatic carbocycles. The highest BCUT2D eigenvalue weighted by Gasteiger charge is 2.13. The maximum atomic E-state index is 12.1. The fraction of sp³-hybridized carbons (Fsp3) is 0.167. The highest BCUT2D eigenvalue weighted by molar-refractivity contribution is 7.98. The first kappa shape index (κ1) is 12.7. The molecule has 0 saturated heterocycles. The van der Waals surface area contributed by atoms with Gasteiger partial charge in [-0.25, -0.2) is 14.8 Å². The molecule has 20 heavy (non-hydrogen) atoms. The molecule has 0 atom stereocenters. The predicted octanol–water partition coefficient (Wildman–Crippen LogP) is 0.867. The van der Waals surface area contributed by atoms with Crippen molar-refractivity contribution in [3.8, 4) is 0 Å². The molecule has 8 heteroatoms. The summed E-state index contributed by atoms with van der Waals surface area (Å²) in [4.78, 5) is 27.3. The summed E-state index contributed by atoms with van der Waals surface area (Å²) in [6.07, 6.45) is 5.26. The van der Waals surface area contributed by atoms with E-state index in [1.165, 1.54) is 16.3 Å². The Bertz CT molecular complexity index is 810.